The number of unbranched alkanes of at least 4 members (excludes halogenated alkanes) is 1. The van der Waals surface area contributed by atoms with Crippen LogP contribution in [0.5, 0.6) is 0 Å². The lowest BCUT2D eigenvalue weighted by Crippen LogP contribution is -2.45. The van der Waals surface area contributed by atoms with Gasteiger partial charge in [-0.3, -0.25) is 13.9 Å². The second-order valence-corrected chi connectivity index (χ2v) is 14.6. The number of benzene rings is 1. The average Bonchev–Trinajstić information content (AvgIpc) is 3.59. The molecule has 0 aliphatic carbocycles. The lowest BCUT2D eigenvalue weighted by molar-refractivity contribution is -0.118. The number of nitrogens with zero attached hydrogens (tertiary/aromatic N) is 4. The van der Waals surface area contributed by atoms with Crippen molar-refractivity contribution in [1.29, 1.82) is 0 Å². The van der Waals surface area contributed by atoms with Crippen LogP contribution in [0.15, 0.2) is 46.1 Å². The Bertz CT molecular complexity index is 2000. The van der Waals surface area contributed by atoms with E-state index in [4.69, 9.17) is 24.1 Å². The van der Waals surface area contributed by atoms with Crippen LogP contribution < -0.4 is 27.1 Å². The third-order valence-electron chi connectivity index (χ3n) is 7.87. The normalized spacial score (nSPS) is 21.0. The summed E-state index contributed by atoms with van der Waals surface area (Å²) in [7, 11) is -4.40. The largest absolute Gasteiger partial charge is 0.444 e. The highest BCUT2D eigenvalue weighted by Crippen LogP contribution is 2.39. The Morgan fingerprint density at radius 3 is 2.65 bits per heavy atom. The van der Waals surface area contributed by atoms with E-state index in [0.717, 1.165) is 0 Å². The van der Waals surface area contributed by atoms with Gasteiger partial charge in [-0.2, -0.15) is 0 Å². The van der Waals surface area contributed by atoms with Crippen molar-refractivity contribution < 1.29 is 47.7 Å². The Morgan fingerprint density at radius 2 is 1.90 bits per heavy atom. The second-order valence-electron chi connectivity index (χ2n) is 13.0. The number of alkyl carbamates (subject to hydrolysis) is 1. The number of hydrogen-bond donors (Lipinski definition) is 7. The molecule has 0 bridgehead atoms. The van der Waals surface area contributed by atoms with Crippen LogP contribution in [0.2, 0.25) is 0 Å². The summed E-state index contributed by atoms with van der Waals surface area (Å²) in [5.74, 6) is -0.444. The van der Waals surface area contributed by atoms with Gasteiger partial charge in [-0.05, 0) is 64.7 Å². The Labute approximate surface area is 291 Å². The SMILES string of the molecule is Cc1cc(=O)oc2cc(NC(=O)[C@H](CCCCNP(=O)(O)OC[C@H]3O[C@@H](n4cnc5c(N)ncnc54)[C@H](O)[C@@H]3O)NC(=O)OC(C)(C)C)ccc12. The van der Waals surface area contributed by atoms with Crippen molar-refractivity contribution in [2.24, 2.45) is 0 Å². The molecule has 4 heterocycles. The van der Waals surface area contributed by atoms with Crippen LogP contribution in [0.1, 0.15) is 51.8 Å². The van der Waals surface area contributed by atoms with Gasteiger partial charge in [0.25, 0.3) is 0 Å². The standard InChI is InChI=1S/C31H41N8O11P/c1-16-11-22(40)48-20-12-17(8-9-18(16)20)37-28(43)19(38-30(44)50-31(2,3)4)7-5-6-10-36-51(45,46)47-13-21-24(41)25(42)29(49-21)39-15-35-23-26(32)33-14-34-27(23)39/h8-9,11-12,14-15,19,21,24-25,29,41-42H,5-7,10,13H2,1-4H3,(H,37,43)(H,38,44)(H2,32,33,34)(H2,36,45,46)/t19-,21+,24+,25+,29+/m0/s1. The van der Waals surface area contributed by atoms with Crippen molar-refractivity contribution in [3.8, 4) is 0 Å². The number of nitrogens with two attached hydrogens (primary N) is 1. The van der Waals surface area contributed by atoms with Crippen LogP contribution in [0.25, 0.3) is 22.1 Å². The first kappa shape index (κ1) is 37.8. The number of aromatic nitrogens is 4. The van der Waals surface area contributed by atoms with Gasteiger partial charge in [0.2, 0.25) is 5.91 Å². The number of ether oxygens (including phenoxy) is 2. The number of hydrogen-bond acceptors (Lipinski definition) is 14. The number of fused-ring (bicyclic) bond motifs is 2. The van der Waals surface area contributed by atoms with Crippen LogP contribution in [0.4, 0.5) is 16.3 Å². The maximum Gasteiger partial charge on any atom is 0.408 e. The molecule has 1 aromatic carbocycles. The summed E-state index contributed by atoms with van der Waals surface area (Å²) in [5.41, 5.74) is 6.34. The van der Waals surface area contributed by atoms with E-state index in [-0.39, 0.29) is 42.0 Å². The fraction of sp³-hybridized carbons (Fsp3) is 0.484. The summed E-state index contributed by atoms with van der Waals surface area (Å²) < 4.78 is 35.5. The minimum Gasteiger partial charge on any atom is -0.444 e. The van der Waals surface area contributed by atoms with Crippen molar-refractivity contribution in [3.63, 3.8) is 0 Å². The summed E-state index contributed by atoms with van der Waals surface area (Å²) in [5, 5.41) is 29.6. The number of anilines is 2. The van der Waals surface area contributed by atoms with Crippen LogP contribution in [-0.2, 0) is 23.4 Å². The summed E-state index contributed by atoms with van der Waals surface area (Å²) >= 11 is 0. The van der Waals surface area contributed by atoms with E-state index >= 15 is 0 Å². The molecule has 1 saturated heterocycles. The first-order chi connectivity index (χ1) is 24.0. The van der Waals surface area contributed by atoms with Gasteiger partial charge < -0.3 is 45.4 Å². The lowest BCUT2D eigenvalue weighted by atomic mass is 10.1. The molecule has 276 valence electrons. The van der Waals surface area contributed by atoms with E-state index in [0.29, 0.717) is 23.1 Å². The van der Waals surface area contributed by atoms with Crippen LogP contribution >= 0.6 is 7.75 Å². The molecule has 1 fully saturated rings. The minimum absolute atomic E-state index is 0.0148. The first-order valence-electron chi connectivity index (χ1n) is 16.0. The molecule has 20 heteroatoms. The molecule has 0 radical (unpaired) electrons. The topological polar surface area (TPSA) is 276 Å². The number of rotatable bonds is 13. The van der Waals surface area contributed by atoms with Gasteiger partial charge in [-0.1, -0.05) is 0 Å². The highest BCUT2D eigenvalue weighted by atomic mass is 31.2. The first-order valence-corrected chi connectivity index (χ1v) is 17.6. The van der Waals surface area contributed by atoms with Gasteiger partial charge in [0, 0.05) is 29.8 Å². The quantitative estimate of drug-likeness (QED) is 0.0587. The predicted molar refractivity (Wildman–Crippen MR) is 182 cm³/mol. The van der Waals surface area contributed by atoms with Gasteiger partial charge in [0.15, 0.2) is 17.7 Å². The van der Waals surface area contributed by atoms with Gasteiger partial charge in [-0.25, -0.2) is 34.2 Å². The Morgan fingerprint density at radius 1 is 1.14 bits per heavy atom. The zero-order chi connectivity index (χ0) is 37.1. The minimum atomic E-state index is -4.40. The van der Waals surface area contributed by atoms with E-state index in [1.165, 1.54) is 29.4 Å². The predicted octanol–water partition coefficient (Wildman–Crippen LogP) is 1.85. The molecule has 6 atom stereocenters. The summed E-state index contributed by atoms with van der Waals surface area (Å²) in [4.78, 5) is 60.1. The molecule has 1 unspecified atom stereocenters. The molecule has 19 nitrogen and oxygen atoms in total. The molecular formula is C31H41N8O11P. The molecular weight excluding hydrogens is 691 g/mol. The van der Waals surface area contributed by atoms with Crippen molar-refractivity contribution >= 4 is 53.4 Å². The lowest BCUT2D eigenvalue weighted by Gasteiger charge is -2.23. The second kappa shape index (κ2) is 15.4. The number of aliphatic hydroxyl groups excluding tert-OH is 2. The fourth-order valence-electron chi connectivity index (χ4n) is 5.42. The number of nitrogen functional groups attached to an aromatic ring is 1. The molecule has 0 saturated carbocycles. The maximum absolute atomic E-state index is 13.3. The van der Waals surface area contributed by atoms with Crippen molar-refractivity contribution in [3.05, 3.63) is 52.9 Å². The average molecular weight is 733 g/mol. The van der Waals surface area contributed by atoms with Gasteiger partial charge in [0.05, 0.1) is 12.9 Å². The Kier molecular flexibility index (Phi) is 11.4. The van der Waals surface area contributed by atoms with Gasteiger partial charge >= 0.3 is 19.5 Å². The Hall–Kier alpha value is -4.49. The number of nitrogens with one attached hydrogen (secondary N) is 3. The number of carbonyl (C=O) groups excluding carboxylic acids is 2. The van der Waals surface area contributed by atoms with Gasteiger partial charge in [-0.15, -0.1) is 0 Å². The number of aryl methyl sites for hydroxylation is 1. The van der Waals surface area contributed by atoms with Crippen molar-refractivity contribution in [2.75, 3.05) is 24.2 Å². The van der Waals surface area contributed by atoms with E-state index in [2.05, 4.69) is 30.7 Å². The highest BCUT2D eigenvalue weighted by Gasteiger charge is 2.45. The highest BCUT2D eigenvalue weighted by molar-refractivity contribution is 7.50. The Balaban J connectivity index is 1.13. The fourth-order valence-corrected chi connectivity index (χ4v) is 6.30. The summed E-state index contributed by atoms with van der Waals surface area (Å²) in [6.07, 6.45) is -2.76. The molecule has 1 aliphatic heterocycles. The third kappa shape index (κ3) is 9.44. The third-order valence-corrected chi connectivity index (χ3v) is 8.99. The van der Waals surface area contributed by atoms with E-state index in [1.54, 1.807) is 39.8 Å². The monoisotopic (exact) mass is 732 g/mol. The zero-order valence-electron chi connectivity index (χ0n) is 28.3. The number of aliphatic hydroxyl groups is 2. The summed E-state index contributed by atoms with van der Waals surface area (Å²) in [6, 6.07) is 5.17. The van der Waals surface area contributed by atoms with Crippen molar-refractivity contribution in [1.82, 2.24) is 29.9 Å². The van der Waals surface area contributed by atoms with Crippen LogP contribution in [0, 0.1) is 6.92 Å². The molecule has 0 spiro atoms. The summed E-state index contributed by atoms with van der Waals surface area (Å²) in [6.45, 7) is 6.25. The number of carbonyl (C=O) groups is 2. The molecule has 5 rings (SSSR count). The molecule has 3 aromatic heterocycles. The van der Waals surface area contributed by atoms with Gasteiger partial charge in [0.1, 0.15) is 47.4 Å². The molecule has 1 aliphatic rings. The molecule has 51 heavy (non-hydrogen) atoms. The molecule has 4 aromatic rings. The van der Waals surface area contributed by atoms with Crippen LogP contribution in [-0.4, -0.2) is 89.7 Å². The smallest absolute Gasteiger partial charge is 0.408 e. The van der Waals surface area contributed by atoms with Crippen molar-refractivity contribution in [2.45, 2.75) is 83.1 Å². The molecule has 8 N–H and O–H groups in total. The zero-order valence-corrected chi connectivity index (χ0v) is 29.2. The number of imidazole rings is 1. The maximum atomic E-state index is 13.3. The molecule has 2 amide bonds. The number of amides is 2. The van der Waals surface area contributed by atoms with Crippen LogP contribution in [0.3, 0.4) is 0 Å². The van der Waals surface area contributed by atoms with E-state index < -0.39 is 68.2 Å². The van der Waals surface area contributed by atoms with E-state index in [9.17, 15) is 34.1 Å². The van der Waals surface area contributed by atoms with E-state index in [1.807, 2.05) is 0 Å².